The van der Waals surface area contributed by atoms with Crippen LogP contribution in [0.5, 0.6) is 11.5 Å². The number of aliphatic imine (C=N–C) groups is 1. The number of halogens is 2. The summed E-state index contributed by atoms with van der Waals surface area (Å²) in [7, 11) is 0. The van der Waals surface area contributed by atoms with Crippen LogP contribution >= 0.6 is 23.2 Å². The van der Waals surface area contributed by atoms with E-state index in [1.807, 2.05) is 94.4 Å². The highest BCUT2D eigenvalue weighted by molar-refractivity contribution is 6.30. The van der Waals surface area contributed by atoms with E-state index in [-0.39, 0.29) is 24.3 Å². The van der Waals surface area contributed by atoms with Crippen LogP contribution in [0.2, 0.25) is 10.0 Å². The third kappa shape index (κ3) is 5.63. The number of hydrogen-bond acceptors (Lipinski definition) is 4. The van der Waals surface area contributed by atoms with Crippen molar-refractivity contribution in [2.24, 2.45) is 4.99 Å². The molecule has 4 rings (SSSR count). The van der Waals surface area contributed by atoms with Crippen LogP contribution in [0.15, 0.2) is 71.7 Å². The van der Waals surface area contributed by atoms with Crippen LogP contribution in [-0.4, -0.2) is 18.0 Å². The Hall–Kier alpha value is -2.69. The zero-order chi connectivity index (χ0) is 23.5. The summed E-state index contributed by atoms with van der Waals surface area (Å²) in [5.41, 5.74) is 3.08. The lowest BCUT2D eigenvalue weighted by Crippen LogP contribution is -2.26. The van der Waals surface area contributed by atoms with Gasteiger partial charge in [-0.25, -0.2) is 0 Å². The van der Waals surface area contributed by atoms with Gasteiger partial charge in [0.25, 0.3) is 0 Å². The number of nitrogens with zero attached hydrogens (tertiary/aromatic N) is 1. The van der Waals surface area contributed by atoms with Gasteiger partial charge >= 0.3 is 0 Å². The number of hydrogen-bond donors (Lipinski definition) is 1. The molecule has 1 heterocycles. The third-order valence-electron chi connectivity index (χ3n) is 5.26. The van der Waals surface area contributed by atoms with Crippen molar-refractivity contribution in [2.45, 2.75) is 52.0 Å². The summed E-state index contributed by atoms with van der Waals surface area (Å²) in [5.74, 6) is 2.29. The molecular weight excluding hydrogens is 455 g/mol. The first-order valence-electron chi connectivity index (χ1n) is 11.1. The average Bonchev–Trinajstić information content (AvgIpc) is 3.19. The van der Waals surface area contributed by atoms with E-state index >= 15 is 0 Å². The van der Waals surface area contributed by atoms with Gasteiger partial charge in [0.1, 0.15) is 23.4 Å². The largest absolute Gasteiger partial charge is 0.491 e. The van der Waals surface area contributed by atoms with E-state index in [1.54, 1.807) is 0 Å². The van der Waals surface area contributed by atoms with Crippen LogP contribution in [0.3, 0.4) is 0 Å². The fourth-order valence-electron chi connectivity index (χ4n) is 3.88. The lowest BCUT2D eigenvalue weighted by molar-refractivity contribution is 0.229. The van der Waals surface area contributed by atoms with Crippen molar-refractivity contribution in [1.29, 1.82) is 0 Å². The van der Waals surface area contributed by atoms with Gasteiger partial charge in [-0.1, -0.05) is 47.5 Å². The highest BCUT2D eigenvalue weighted by Crippen LogP contribution is 2.39. The van der Waals surface area contributed by atoms with Crippen molar-refractivity contribution < 1.29 is 9.47 Å². The topological polar surface area (TPSA) is 42.8 Å². The van der Waals surface area contributed by atoms with Crippen molar-refractivity contribution in [2.75, 3.05) is 0 Å². The highest BCUT2D eigenvalue weighted by Gasteiger charge is 2.33. The molecule has 0 aliphatic carbocycles. The van der Waals surface area contributed by atoms with Crippen molar-refractivity contribution in [3.8, 4) is 11.5 Å². The maximum absolute atomic E-state index is 6.16. The average molecular weight is 483 g/mol. The Labute approximate surface area is 205 Å². The second-order valence-corrected chi connectivity index (χ2v) is 9.51. The molecule has 172 valence electrons. The molecule has 2 atom stereocenters. The SMILES string of the molecule is CC(C)Oc1ccc(C2=NC(c3ccc(Cl)cc3)C(c3ccc(Cl)cc3)N2)c(OC(C)C)c1. The smallest absolute Gasteiger partial charge is 0.134 e. The Morgan fingerprint density at radius 3 is 1.91 bits per heavy atom. The summed E-state index contributed by atoms with van der Waals surface area (Å²) in [6.45, 7) is 8.03. The van der Waals surface area contributed by atoms with Gasteiger partial charge < -0.3 is 14.8 Å². The first kappa shape index (κ1) is 23.5. The fraction of sp³-hybridized carbons (Fsp3) is 0.296. The molecule has 0 saturated heterocycles. The Balaban J connectivity index is 1.75. The number of rotatable bonds is 7. The van der Waals surface area contributed by atoms with E-state index in [0.29, 0.717) is 10.0 Å². The highest BCUT2D eigenvalue weighted by atomic mass is 35.5. The molecule has 0 amide bonds. The molecule has 0 radical (unpaired) electrons. The molecule has 6 heteroatoms. The molecule has 4 nitrogen and oxygen atoms in total. The van der Waals surface area contributed by atoms with Gasteiger partial charge in [0.2, 0.25) is 0 Å². The first-order chi connectivity index (χ1) is 15.8. The number of nitrogens with one attached hydrogen (secondary N) is 1. The molecule has 0 fully saturated rings. The third-order valence-corrected chi connectivity index (χ3v) is 5.76. The summed E-state index contributed by atoms with van der Waals surface area (Å²) in [6.07, 6.45) is 0.0902. The van der Waals surface area contributed by atoms with Crippen LogP contribution in [-0.2, 0) is 0 Å². The molecule has 1 N–H and O–H groups in total. The second kappa shape index (κ2) is 10.1. The van der Waals surface area contributed by atoms with Gasteiger partial charge in [-0.2, -0.15) is 0 Å². The molecule has 1 aliphatic rings. The summed E-state index contributed by atoms with van der Waals surface area (Å²) >= 11 is 12.3. The number of benzene rings is 3. The maximum Gasteiger partial charge on any atom is 0.134 e. The number of amidine groups is 1. The van der Waals surface area contributed by atoms with Crippen molar-refractivity contribution in [1.82, 2.24) is 5.32 Å². The first-order valence-corrected chi connectivity index (χ1v) is 11.9. The predicted octanol–water partition coefficient (Wildman–Crippen LogP) is 7.40. The minimum Gasteiger partial charge on any atom is -0.491 e. The molecule has 0 bridgehead atoms. The van der Waals surface area contributed by atoms with Gasteiger partial charge in [0.15, 0.2) is 0 Å². The Bertz CT molecular complexity index is 1130. The zero-order valence-corrected chi connectivity index (χ0v) is 20.7. The minimum atomic E-state index is -0.128. The molecule has 0 saturated carbocycles. The van der Waals surface area contributed by atoms with Crippen LogP contribution in [0.1, 0.15) is 56.5 Å². The standard InChI is InChI=1S/C27H28Cl2N2O2/c1-16(2)32-22-13-14-23(24(15-22)33-17(3)4)27-30-25(18-5-9-20(28)10-6-18)26(31-27)19-7-11-21(29)12-8-19/h5-17,25-26H,1-4H3,(H,30,31). The Kier molecular flexibility index (Phi) is 7.16. The van der Waals surface area contributed by atoms with Crippen LogP contribution in [0.25, 0.3) is 0 Å². The van der Waals surface area contributed by atoms with Crippen molar-refractivity contribution in [3.63, 3.8) is 0 Å². The van der Waals surface area contributed by atoms with E-state index < -0.39 is 0 Å². The molecular formula is C27H28Cl2N2O2. The maximum atomic E-state index is 6.16. The molecule has 2 unspecified atom stereocenters. The summed E-state index contributed by atoms with van der Waals surface area (Å²) in [4.78, 5) is 5.11. The van der Waals surface area contributed by atoms with Gasteiger partial charge in [0.05, 0.1) is 23.8 Å². The predicted molar refractivity (Wildman–Crippen MR) is 136 cm³/mol. The fourth-order valence-corrected chi connectivity index (χ4v) is 4.13. The van der Waals surface area contributed by atoms with Crippen LogP contribution < -0.4 is 14.8 Å². The van der Waals surface area contributed by atoms with E-state index in [4.69, 9.17) is 37.7 Å². The van der Waals surface area contributed by atoms with E-state index in [1.165, 1.54) is 0 Å². The van der Waals surface area contributed by atoms with Gasteiger partial charge in [-0.05, 0) is 75.2 Å². The molecule has 0 aromatic heterocycles. The quantitative estimate of drug-likeness (QED) is 0.381. The molecule has 0 spiro atoms. The van der Waals surface area contributed by atoms with Gasteiger partial charge in [-0.3, -0.25) is 4.99 Å². The molecule has 1 aliphatic heterocycles. The lowest BCUT2D eigenvalue weighted by atomic mass is 9.95. The van der Waals surface area contributed by atoms with Gasteiger partial charge in [-0.15, -0.1) is 0 Å². The summed E-state index contributed by atoms with van der Waals surface area (Å²) in [5, 5.41) is 5.04. The molecule has 3 aromatic rings. The summed E-state index contributed by atoms with van der Waals surface area (Å²) in [6, 6.07) is 21.4. The molecule has 33 heavy (non-hydrogen) atoms. The minimum absolute atomic E-state index is 0.0131. The Morgan fingerprint density at radius 1 is 0.758 bits per heavy atom. The van der Waals surface area contributed by atoms with E-state index in [0.717, 1.165) is 34.0 Å². The summed E-state index contributed by atoms with van der Waals surface area (Å²) < 4.78 is 12.0. The second-order valence-electron chi connectivity index (χ2n) is 8.64. The van der Waals surface area contributed by atoms with Gasteiger partial charge in [0, 0.05) is 16.1 Å². The normalized spacial score (nSPS) is 17.8. The van der Waals surface area contributed by atoms with Crippen molar-refractivity contribution >= 4 is 29.0 Å². The van der Waals surface area contributed by atoms with Crippen molar-refractivity contribution in [3.05, 3.63) is 93.5 Å². The van der Waals surface area contributed by atoms with E-state index in [9.17, 15) is 0 Å². The zero-order valence-electron chi connectivity index (χ0n) is 19.2. The lowest BCUT2D eigenvalue weighted by Gasteiger charge is -2.20. The molecule has 3 aromatic carbocycles. The Morgan fingerprint density at radius 2 is 1.33 bits per heavy atom. The monoisotopic (exact) mass is 482 g/mol. The number of ether oxygens (including phenoxy) is 2. The van der Waals surface area contributed by atoms with Crippen LogP contribution in [0.4, 0.5) is 0 Å². The van der Waals surface area contributed by atoms with Crippen LogP contribution in [0, 0.1) is 0 Å². The van der Waals surface area contributed by atoms with E-state index in [2.05, 4.69) is 5.32 Å².